The third-order valence-corrected chi connectivity index (χ3v) is 4.00. The number of carbonyl (C=O) groups is 1. The first-order valence-electron chi connectivity index (χ1n) is 7.34. The highest BCUT2D eigenvalue weighted by Gasteiger charge is 2.24. The van der Waals surface area contributed by atoms with Crippen molar-refractivity contribution in [1.82, 2.24) is 4.90 Å². The minimum Gasteiger partial charge on any atom is -0.399 e. The minimum absolute atomic E-state index is 0.300. The Morgan fingerprint density at radius 2 is 2.26 bits per heavy atom. The molecule has 0 radical (unpaired) electrons. The summed E-state index contributed by atoms with van der Waals surface area (Å²) in [7, 11) is 0. The Hall–Kier alpha value is -1.51. The maximum absolute atomic E-state index is 12.3. The van der Waals surface area contributed by atoms with Crippen molar-refractivity contribution in [3.63, 3.8) is 0 Å². The lowest BCUT2D eigenvalue weighted by Crippen LogP contribution is -2.43. The molecule has 0 bridgehead atoms. The first kappa shape index (κ1) is 13.9. The summed E-state index contributed by atoms with van der Waals surface area (Å²) in [5, 5.41) is 0. The molecule has 0 spiro atoms. The van der Waals surface area contributed by atoms with E-state index in [1.54, 1.807) is 0 Å². The number of nitrogen functional groups attached to an aromatic ring is 1. The molecule has 1 unspecified atom stereocenters. The smallest absolute Gasteiger partial charge is 0.223 e. The fourth-order valence-electron chi connectivity index (χ4n) is 2.90. The number of aryl methyl sites for hydroxylation is 1. The predicted octanol–water partition coefficient (Wildman–Crippen LogP) is 2.99. The van der Waals surface area contributed by atoms with Crippen molar-refractivity contribution in [3.05, 3.63) is 29.8 Å². The summed E-state index contributed by atoms with van der Waals surface area (Å²) in [6.07, 6.45) is 6.04. The maximum Gasteiger partial charge on any atom is 0.223 e. The monoisotopic (exact) mass is 260 g/mol. The molecule has 1 aliphatic heterocycles. The Bertz CT molecular complexity index is 431. The SMILES string of the molecule is CCC1CCCCN1C(=O)CCc1cccc(N)c1. The zero-order chi connectivity index (χ0) is 13.7. The van der Waals surface area contributed by atoms with E-state index in [0.717, 1.165) is 37.1 Å². The molecule has 1 aliphatic rings. The van der Waals surface area contributed by atoms with Crippen molar-refractivity contribution in [1.29, 1.82) is 0 Å². The van der Waals surface area contributed by atoms with Gasteiger partial charge in [0, 0.05) is 24.7 Å². The molecule has 19 heavy (non-hydrogen) atoms. The van der Waals surface area contributed by atoms with Crippen LogP contribution in [-0.4, -0.2) is 23.4 Å². The second kappa shape index (κ2) is 6.60. The topological polar surface area (TPSA) is 46.3 Å². The van der Waals surface area contributed by atoms with E-state index in [4.69, 9.17) is 5.73 Å². The van der Waals surface area contributed by atoms with Gasteiger partial charge in [-0.05, 0) is 49.8 Å². The number of nitrogens with two attached hydrogens (primary N) is 1. The molecule has 3 heteroatoms. The van der Waals surface area contributed by atoms with Gasteiger partial charge >= 0.3 is 0 Å². The van der Waals surface area contributed by atoms with Crippen LogP contribution < -0.4 is 5.73 Å². The van der Waals surface area contributed by atoms with Gasteiger partial charge in [0.25, 0.3) is 0 Å². The van der Waals surface area contributed by atoms with E-state index in [-0.39, 0.29) is 0 Å². The number of amides is 1. The number of likely N-dealkylation sites (tertiary alicyclic amines) is 1. The third-order valence-electron chi connectivity index (χ3n) is 4.00. The van der Waals surface area contributed by atoms with E-state index in [1.807, 2.05) is 24.3 Å². The fraction of sp³-hybridized carbons (Fsp3) is 0.562. The molecule has 1 amide bonds. The molecule has 0 aromatic heterocycles. The van der Waals surface area contributed by atoms with Crippen LogP contribution in [0.5, 0.6) is 0 Å². The fourth-order valence-corrected chi connectivity index (χ4v) is 2.90. The van der Waals surface area contributed by atoms with E-state index in [9.17, 15) is 4.79 Å². The highest BCUT2D eigenvalue weighted by atomic mass is 16.2. The number of hydrogen-bond acceptors (Lipinski definition) is 2. The number of piperidine rings is 1. The van der Waals surface area contributed by atoms with Gasteiger partial charge in [-0.3, -0.25) is 4.79 Å². The lowest BCUT2D eigenvalue weighted by Gasteiger charge is -2.35. The minimum atomic E-state index is 0.300. The van der Waals surface area contributed by atoms with Crippen molar-refractivity contribution in [3.8, 4) is 0 Å². The van der Waals surface area contributed by atoms with E-state index >= 15 is 0 Å². The van der Waals surface area contributed by atoms with E-state index in [1.165, 1.54) is 12.8 Å². The number of carbonyl (C=O) groups excluding carboxylic acids is 1. The van der Waals surface area contributed by atoms with Gasteiger partial charge < -0.3 is 10.6 Å². The van der Waals surface area contributed by atoms with Crippen LogP contribution in [0.25, 0.3) is 0 Å². The zero-order valence-electron chi connectivity index (χ0n) is 11.8. The summed E-state index contributed by atoms with van der Waals surface area (Å²) in [5.41, 5.74) is 7.68. The number of anilines is 1. The Kier molecular flexibility index (Phi) is 4.83. The Morgan fingerprint density at radius 3 is 3.00 bits per heavy atom. The lowest BCUT2D eigenvalue weighted by atomic mass is 9.99. The van der Waals surface area contributed by atoms with Crippen LogP contribution in [0.4, 0.5) is 5.69 Å². The quantitative estimate of drug-likeness (QED) is 0.846. The lowest BCUT2D eigenvalue weighted by molar-refractivity contribution is -0.134. The molecule has 1 aromatic carbocycles. The summed E-state index contributed by atoms with van der Waals surface area (Å²) < 4.78 is 0. The van der Waals surface area contributed by atoms with Gasteiger partial charge in [-0.25, -0.2) is 0 Å². The van der Waals surface area contributed by atoms with Gasteiger partial charge in [-0.2, -0.15) is 0 Å². The van der Waals surface area contributed by atoms with Crippen LogP contribution >= 0.6 is 0 Å². The van der Waals surface area contributed by atoms with Crippen LogP contribution in [0.2, 0.25) is 0 Å². The van der Waals surface area contributed by atoms with Crippen LogP contribution in [0, 0.1) is 0 Å². The number of nitrogens with zero attached hydrogens (tertiary/aromatic N) is 1. The molecular formula is C16H24N2O. The molecule has 2 N–H and O–H groups in total. The standard InChI is InChI=1S/C16H24N2O/c1-2-15-8-3-4-11-18(15)16(19)10-9-13-6-5-7-14(17)12-13/h5-7,12,15H,2-4,8-11,17H2,1H3. The molecule has 1 atom stereocenters. The van der Waals surface area contributed by atoms with E-state index in [2.05, 4.69) is 11.8 Å². The first-order chi connectivity index (χ1) is 9.20. The number of rotatable bonds is 4. The van der Waals surface area contributed by atoms with E-state index in [0.29, 0.717) is 18.4 Å². The largest absolute Gasteiger partial charge is 0.399 e. The Balaban J connectivity index is 1.89. The van der Waals surface area contributed by atoms with Crippen LogP contribution in [0.3, 0.4) is 0 Å². The second-order valence-electron chi connectivity index (χ2n) is 5.39. The van der Waals surface area contributed by atoms with Crippen molar-refractivity contribution >= 4 is 11.6 Å². The van der Waals surface area contributed by atoms with Crippen LogP contribution in [-0.2, 0) is 11.2 Å². The average Bonchev–Trinajstić information content (AvgIpc) is 2.45. The molecule has 104 valence electrons. The molecule has 1 fully saturated rings. The molecule has 1 heterocycles. The van der Waals surface area contributed by atoms with Gasteiger partial charge in [-0.1, -0.05) is 19.1 Å². The van der Waals surface area contributed by atoms with Crippen LogP contribution in [0.15, 0.2) is 24.3 Å². The van der Waals surface area contributed by atoms with Gasteiger partial charge in [0.2, 0.25) is 5.91 Å². The third kappa shape index (κ3) is 3.72. The van der Waals surface area contributed by atoms with E-state index < -0.39 is 0 Å². The molecule has 1 saturated heterocycles. The molecule has 1 aromatic rings. The van der Waals surface area contributed by atoms with Gasteiger partial charge in [0.1, 0.15) is 0 Å². The maximum atomic E-state index is 12.3. The summed E-state index contributed by atoms with van der Waals surface area (Å²) in [6.45, 7) is 3.11. The number of benzene rings is 1. The normalized spacial score (nSPS) is 19.4. The zero-order valence-corrected chi connectivity index (χ0v) is 11.8. The summed E-state index contributed by atoms with van der Waals surface area (Å²) >= 11 is 0. The van der Waals surface area contributed by atoms with Crippen molar-refractivity contribution < 1.29 is 4.79 Å². The van der Waals surface area contributed by atoms with Crippen LogP contribution in [0.1, 0.15) is 44.6 Å². The molecule has 2 rings (SSSR count). The van der Waals surface area contributed by atoms with Crippen molar-refractivity contribution in [2.24, 2.45) is 0 Å². The molecule has 0 aliphatic carbocycles. The Labute approximate surface area is 115 Å². The van der Waals surface area contributed by atoms with Gasteiger partial charge in [0.15, 0.2) is 0 Å². The van der Waals surface area contributed by atoms with Gasteiger partial charge in [0.05, 0.1) is 0 Å². The van der Waals surface area contributed by atoms with Crippen molar-refractivity contribution in [2.75, 3.05) is 12.3 Å². The van der Waals surface area contributed by atoms with Crippen molar-refractivity contribution in [2.45, 2.75) is 51.5 Å². The Morgan fingerprint density at radius 1 is 1.42 bits per heavy atom. The molecule has 0 saturated carbocycles. The molecule has 3 nitrogen and oxygen atoms in total. The number of hydrogen-bond donors (Lipinski definition) is 1. The summed E-state index contributed by atoms with van der Waals surface area (Å²) in [4.78, 5) is 14.4. The average molecular weight is 260 g/mol. The summed E-state index contributed by atoms with van der Waals surface area (Å²) in [5.74, 6) is 0.300. The summed E-state index contributed by atoms with van der Waals surface area (Å²) in [6, 6.07) is 8.29. The second-order valence-corrected chi connectivity index (χ2v) is 5.39. The van der Waals surface area contributed by atoms with Gasteiger partial charge in [-0.15, -0.1) is 0 Å². The highest BCUT2D eigenvalue weighted by Crippen LogP contribution is 2.21. The highest BCUT2D eigenvalue weighted by molar-refractivity contribution is 5.77. The molecular weight excluding hydrogens is 236 g/mol. The predicted molar refractivity (Wildman–Crippen MR) is 78.8 cm³/mol. The first-order valence-corrected chi connectivity index (χ1v) is 7.34.